The molecule has 34 heavy (non-hydrogen) atoms. The molecule has 0 radical (unpaired) electrons. The Labute approximate surface area is 197 Å². The minimum atomic E-state index is -0.259. The second-order valence-electron chi connectivity index (χ2n) is 8.35. The van der Waals surface area contributed by atoms with E-state index in [1.807, 2.05) is 59.5 Å². The largest absolute Gasteiger partial charge is 0.457 e. The van der Waals surface area contributed by atoms with Gasteiger partial charge in [-0.1, -0.05) is 42.5 Å². The molecule has 0 aliphatic carbocycles. The first kappa shape index (κ1) is 21.8. The van der Waals surface area contributed by atoms with Gasteiger partial charge in [0.15, 0.2) is 0 Å². The highest BCUT2D eigenvalue weighted by atomic mass is 19.1. The predicted octanol–water partition coefficient (Wildman–Crippen LogP) is 5.13. The number of carbonyl (C=O) groups is 1. The summed E-state index contributed by atoms with van der Waals surface area (Å²) >= 11 is 0. The molecule has 0 unspecified atom stereocenters. The smallest absolute Gasteiger partial charge is 0.227 e. The third-order valence-corrected chi connectivity index (χ3v) is 5.99. The van der Waals surface area contributed by atoms with Crippen LogP contribution in [0.1, 0.15) is 28.1 Å². The molecule has 3 aromatic carbocycles. The second-order valence-corrected chi connectivity index (χ2v) is 8.35. The monoisotopic (exact) mass is 453 g/mol. The lowest BCUT2D eigenvalue weighted by molar-refractivity contribution is -0.131. The van der Waals surface area contributed by atoms with Crippen molar-refractivity contribution in [2.24, 2.45) is 0 Å². The first-order chi connectivity index (χ1) is 16.6. The predicted molar refractivity (Wildman–Crippen MR) is 127 cm³/mol. The van der Waals surface area contributed by atoms with Crippen molar-refractivity contribution in [3.63, 3.8) is 0 Å². The Balaban J connectivity index is 1.25. The van der Waals surface area contributed by atoms with Gasteiger partial charge in [-0.2, -0.15) is 0 Å². The Hall–Kier alpha value is -4.06. The third kappa shape index (κ3) is 5.12. The Morgan fingerprint density at radius 3 is 2.35 bits per heavy atom. The zero-order chi connectivity index (χ0) is 23.3. The fourth-order valence-corrected chi connectivity index (χ4v) is 4.15. The van der Waals surface area contributed by atoms with E-state index in [2.05, 4.69) is 9.97 Å². The molecule has 170 valence electrons. The Morgan fingerprint density at radius 2 is 1.59 bits per heavy atom. The van der Waals surface area contributed by atoms with Crippen molar-refractivity contribution < 1.29 is 13.9 Å². The summed E-state index contributed by atoms with van der Waals surface area (Å²) in [5.41, 5.74) is 4.78. The van der Waals surface area contributed by atoms with E-state index >= 15 is 0 Å². The van der Waals surface area contributed by atoms with E-state index in [0.29, 0.717) is 32.4 Å². The zero-order valence-electron chi connectivity index (χ0n) is 18.7. The molecule has 4 aromatic rings. The summed E-state index contributed by atoms with van der Waals surface area (Å²) in [4.78, 5) is 23.9. The molecule has 1 aliphatic heterocycles. The molecule has 0 atom stereocenters. The summed E-state index contributed by atoms with van der Waals surface area (Å²) in [6.07, 6.45) is 3.18. The SMILES string of the molecule is O=C(Cc1ccc(Oc2ccccc2)cc1)N1CCc2ncnc(Cc3ccc(F)cc3)c2C1. The van der Waals surface area contributed by atoms with Gasteiger partial charge in [0.25, 0.3) is 0 Å². The molecular formula is C28H24FN3O2. The van der Waals surface area contributed by atoms with Crippen molar-refractivity contribution in [2.45, 2.75) is 25.8 Å². The van der Waals surface area contributed by atoms with Gasteiger partial charge in [0.1, 0.15) is 23.6 Å². The van der Waals surface area contributed by atoms with Crippen LogP contribution in [0.15, 0.2) is 85.2 Å². The number of ether oxygens (including phenoxy) is 1. The van der Waals surface area contributed by atoms with Crippen molar-refractivity contribution in [2.75, 3.05) is 6.54 Å². The van der Waals surface area contributed by atoms with Crippen molar-refractivity contribution in [1.29, 1.82) is 0 Å². The summed E-state index contributed by atoms with van der Waals surface area (Å²) in [6.45, 7) is 1.12. The summed E-state index contributed by atoms with van der Waals surface area (Å²) in [7, 11) is 0. The van der Waals surface area contributed by atoms with E-state index in [1.54, 1.807) is 18.5 Å². The second kappa shape index (κ2) is 9.83. The molecule has 0 saturated heterocycles. The van der Waals surface area contributed by atoms with E-state index in [1.165, 1.54) is 12.1 Å². The van der Waals surface area contributed by atoms with Crippen LogP contribution in [0.25, 0.3) is 0 Å². The van der Waals surface area contributed by atoms with E-state index in [0.717, 1.165) is 39.6 Å². The summed E-state index contributed by atoms with van der Waals surface area (Å²) in [6, 6.07) is 23.7. The molecule has 1 aromatic heterocycles. The lowest BCUT2D eigenvalue weighted by atomic mass is 9.99. The molecule has 6 heteroatoms. The van der Waals surface area contributed by atoms with E-state index in [4.69, 9.17) is 4.74 Å². The molecule has 0 saturated carbocycles. The van der Waals surface area contributed by atoms with Crippen LogP contribution in [0.4, 0.5) is 4.39 Å². The van der Waals surface area contributed by atoms with E-state index < -0.39 is 0 Å². The minimum Gasteiger partial charge on any atom is -0.457 e. The molecule has 1 amide bonds. The third-order valence-electron chi connectivity index (χ3n) is 5.99. The molecule has 0 N–H and O–H groups in total. The molecule has 0 spiro atoms. The maximum Gasteiger partial charge on any atom is 0.227 e. The Morgan fingerprint density at radius 1 is 0.882 bits per heavy atom. The Bertz CT molecular complexity index is 1280. The Kier molecular flexibility index (Phi) is 6.29. The van der Waals surface area contributed by atoms with E-state index in [-0.39, 0.29) is 11.7 Å². The number of carbonyl (C=O) groups excluding carboxylic acids is 1. The number of amides is 1. The van der Waals surface area contributed by atoms with Crippen molar-refractivity contribution >= 4 is 5.91 Å². The molecule has 5 nitrogen and oxygen atoms in total. The van der Waals surface area contributed by atoms with Gasteiger partial charge in [0.05, 0.1) is 17.8 Å². The van der Waals surface area contributed by atoms with Crippen molar-refractivity contribution in [3.05, 3.63) is 119 Å². The quantitative estimate of drug-likeness (QED) is 0.406. The maximum atomic E-state index is 13.3. The van der Waals surface area contributed by atoms with Gasteiger partial charge in [-0.15, -0.1) is 0 Å². The lowest BCUT2D eigenvalue weighted by Gasteiger charge is -2.29. The minimum absolute atomic E-state index is 0.0685. The summed E-state index contributed by atoms with van der Waals surface area (Å²) < 4.78 is 19.1. The van der Waals surface area contributed by atoms with Crippen LogP contribution >= 0.6 is 0 Å². The lowest BCUT2D eigenvalue weighted by Crippen LogP contribution is -2.38. The number of aromatic nitrogens is 2. The molecule has 2 heterocycles. The topological polar surface area (TPSA) is 55.3 Å². The van der Waals surface area contributed by atoms with Crippen LogP contribution in [-0.4, -0.2) is 27.3 Å². The van der Waals surface area contributed by atoms with E-state index in [9.17, 15) is 9.18 Å². The number of para-hydroxylation sites is 1. The summed E-state index contributed by atoms with van der Waals surface area (Å²) in [5, 5.41) is 0. The van der Waals surface area contributed by atoms with Gasteiger partial charge >= 0.3 is 0 Å². The summed E-state index contributed by atoms with van der Waals surface area (Å²) in [5.74, 6) is 1.32. The molecule has 0 bridgehead atoms. The van der Waals surface area contributed by atoms with Crippen LogP contribution in [0.2, 0.25) is 0 Å². The number of rotatable bonds is 6. The highest BCUT2D eigenvalue weighted by Crippen LogP contribution is 2.24. The van der Waals surface area contributed by atoms with Crippen molar-refractivity contribution in [3.8, 4) is 11.5 Å². The fraction of sp³-hybridized carbons (Fsp3) is 0.179. The highest BCUT2D eigenvalue weighted by molar-refractivity contribution is 5.79. The van der Waals surface area contributed by atoms with Gasteiger partial charge < -0.3 is 9.64 Å². The van der Waals surface area contributed by atoms with Crippen LogP contribution in [0.5, 0.6) is 11.5 Å². The number of halogens is 1. The first-order valence-electron chi connectivity index (χ1n) is 11.3. The molecule has 0 fully saturated rings. The van der Waals surface area contributed by atoms with Gasteiger partial charge in [-0.3, -0.25) is 4.79 Å². The molecule has 1 aliphatic rings. The van der Waals surface area contributed by atoms with Gasteiger partial charge in [-0.05, 0) is 47.5 Å². The van der Waals surface area contributed by atoms with Crippen LogP contribution in [0.3, 0.4) is 0 Å². The number of hydrogen-bond acceptors (Lipinski definition) is 4. The van der Waals surface area contributed by atoms with Crippen molar-refractivity contribution in [1.82, 2.24) is 14.9 Å². The average Bonchev–Trinajstić information content (AvgIpc) is 2.87. The fourth-order valence-electron chi connectivity index (χ4n) is 4.15. The van der Waals surface area contributed by atoms with Crippen LogP contribution < -0.4 is 4.74 Å². The number of benzene rings is 3. The van der Waals surface area contributed by atoms with Gasteiger partial charge in [0, 0.05) is 31.5 Å². The van der Waals surface area contributed by atoms with Gasteiger partial charge in [0.2, 0.25) is 5.91 Å². The zero-order valence-corrected chi connectivity index (χ0v) is 18.7. The standard InChI is InChI=1S/C28H24FN3O2/c29-22-10-6-20(7-11-22)16-27-25-18-32(15-14-26(25)30-19-31-27)28(33)17-21-8-12-24(13-9-21)34-23-4-2-1-3-5-23/h1-13,19H,14-18H2. The first-order valence-corrected chi connectivity index (χ1v) is 11.3. The average molecular weight is 454 g/mol. The number of fused-ring (bicyclic) bond motifs is 1. The molecular weight excluding hydrogens is 429 g/mol. The highest BCUT2D eigenvalue weighted by Gasteiger charge is 2.24. The van der Waals surface area contributed by atoms with Crippen LogP contribution in [-0.2, 0) is 30.6 Å². The number of nitrogens with zero attached hydrogens (tertiary/aromatic N) is 3. The maximum absolute atomic E-state index is 13.3. The number of hydrogen-bond donors (Lipinski definition) is 0. The molecule has 5 rings (SSSR count). The van der Waals surface area contributed by atoms with Crippen LogP contribution in [0, 0.1) is 5.82 Å². The normalized spacial score (nSPS) is 12.8. The van der Waals surface area contributed by atoms with Gasteiger partial charge in [-0.25, -0.2) is 14.4 Å².